The second-order valence-electron chi connectivity index (χ2n) is 3.02. The fourth-order valence-corrected chi connectivity index (χ4v) is 1.04. The van der Waals surface area contributed by atoms with E-state index in [1.54, 1.807) is 24.3 Å². The fourth-order valence-electron chi connectivity index (χ4n) is 1.04. The van der Waals surface area contributed by atoms with Gasteiger partial charge in [0.15, 0.2) is 0 Å². The zero-order valence-electron chi connectivity index (χ0n) is 8.18. The highest BCUT2D eigenvalue weighted by atomic mass is 16.4. The minimum atomic E-state index is -0.868. The zero-order valence-corrected chi connectivity index (χ0v) is 8.18. The highest BCUT2D eigenvalue weighted by Gasteiger charge is 1.91. The van der Waals surface area contributed by atoms with Crippen LogP contribution in [0.1, 0.15) is 5.56 Å². The van der Waals surface area contributed by atoms with Gasteiger partial charge in [0.05, 0.1) is 6.54 Å². The van der Waals surface area contributed by atoms with Crippen LogP contribution in [0.5, 0.6) is 5.75 Å². The number of benzene rings is 1. The van der Waals surface area contributed by atoms with Gasteiger partial charge in [-0.2, -0.15) is 0 Å². The Kier molecular flexibility index (Phi) is 4.37. The quantitative estimate of drug-likeness (QED) is 0.632. The van der Waals surface area contributed by atoms with Gasteiger partial charge in [0.2, 0.25) is 0 Å². The number of hydrogen-bond acceptors (Lipinski definition) is 3. The Morgan fingerprint density at radius 3 is 2.60 bits per heavy atom. The van der Waals surface area contributed by atoms with Crippen molar-refractivity contribution >= 4 is 12.0 Å². The third kappa shape index (κ3) is 4.83. The van der Waals surface area contributed by atoms with Crippen molar-refractivity contribution in [2.75, 3.05) is 13.1 Å². The molecule has 0 saturated heterocycles. The molecule has 0 atom stereocenters. The predicted molar refractivity (Wildman–Crippen MR) is 57.6 cm³/mol. The van der Waals surface area contributed by atoms with Gasteiger partial charge in [-0.3, -0.25) is 4.79 Å². The first kappa shape index (κ1) is 11.3. The zero-order chi connectivity index (χ0) is 11.1. The smallest absolute Gasteiger partial charge is 0.317 e. The van der Waals surface area contributed by atoms with Crippen LogP contribution in [-0.2, 0) is 4.79 Å². The standard InChI is InChI=1S/C11H13NO3/c13-10-5-3-9(4-6-10)2-1-7-12-8-11(14)15/h1-6,12-13H,7-8H2,(H,14,15)/b2-1+. The van der Waals surface area contributed by atoms with Crippen molar-refractivity contribution in [3.8, 4) is 5.75 Å². The van der Waals surface area contributed by atoms with Gasteiger partial charge in [-0.25, -0.2) is 0 Å². The number of hydrogen-bond donors (Lipinski definition) is 3. The monoisotopic (exact) mass is 207 g/mol. The van der Waals surface area contributed by atoms with Crippen molar-refractivity contribution in [1.82, 2.24) is 5.32 Å². The van der Waals surface area contributed by atoms with Gasteiger partial charge in [-0.1, -0.05) is 24.3 Å². The number of carboxylic acid groups (broad SMARTS) is 1. The van der Waals surface area contributed by atoms with E-state index < -0.39 is 5.97 Å². The number of phenolic OH excluding ortho intramolecular Hbond substituents is 1. The third-order valence-corrected chi connectivity index (χ3v) is 1.74. The summed E-state index contributed by atoms with van der Waals surface area (Å²) in [5, 5.41) is 20.1. The highest BCUT2D eigenvalue weighted by molar-refractivity contribution is 5.69. The average molecular weight is 207 g/mol. The molecule has 0 amide bonds. The Hall–Kier alpha value is -1.81. The summed E-state index contributed by atoms with van der Waals surface area (Å²) in [4.78, 5) is 10.2. The van der Waals surface area contributed by atoms with E-state index in [1.165, 1.54) is 0 Å². The van der Waals surface area contributed by atoms with Crippen LogP contribution in [0.25, 0.3) is 6.08 Å². The molecule has 4 nitrogen and oxygen atoms in total. The molecule has 0 aliphatic rings. The number of carboxylic acids is 1. The summed E-state index contributed by atoms with van der Waals surface area (Å²) < 4.78 is 0. The van der Waals surface area contributed by atoms with Crippen LogP contribution < -0.4 is 5.32 Å². The van der Waals surface area contributed by atoms with Crippen LogP contribution in [0.3, 0.4) is 0 Å². The van der Waals surface area contributed by atoms with Gasteiger partial charge >= 0.3 is 5.97 Å². The second-order valence-corrected chi connectivity index (χ2v) is 3.02. The van der Waals surface area contributed by atoms with E-state index in [0.29, 0.717) is 6.54 Å². The fraction of sp³-hybridized carbons (Fsp3) is 0.182. The molecule has 0 radical (unpaired) electrons. The molecule has 80 valence electrons. The van der Waals surface area contributed by atoms with Gasteiger partial charge in [-0.15, -0.1) is 0 Å². The number of aliphatic carboxylic acids is 1. The van der Waals surface area contributed by atoms with Crippen LogP contribution >= 0.6 is 0 Å². The lowest BCUT2D eigenvalue weighted by Crippen LogP contribution is -2.22. The lowest BCUT2D eigenvalue weighted by molar-refractivity contribution is -0.135. The summed E-state index contributed by atoms with van der Waals surface area (Å²) in [6, 6.07) is 6.76. The van der Waals surface area contributed by atoms with E-state index in [1.807, 2.05) is 12.2 Å². The number of carbonyl (C=O) groups is 1. The maximum atomic E-state index is 10.2. The maximum Gasteiger partial charge on any atom is 0.317 e. The lowest BCUT2D eigenvalue weighted by atomic mass is 10.2. The molecule has 0 aliphatic heterocycles. The van der Waals surface area contributed by atoms with E-state index in [-0.39, 0.29) is 12.3 Å². The largest absolute Gasteiger partial charge is 0.508 e. The Bertz CT molecular complexity index is 343. The predicted octanol–water partition coefficient (Wildman–Crippen LogP) is 1.08. The lowest BCUT2D eigenvalue weighted by Gasteiger charge is -1.96. The van der Waals surface area contributed by atoms with Crippen molar-refractivity contribution in [2.45, 2.75) is 0 Å². The number of nitrogens with one attached hydrogen (secondary N) is 1. The molecule has 0 fully saturated rings. The number of aromatic hydroxyl groups is 1. The molecule has 1 aromatic carbocycles. The van der Waals surface area contributed by atoms with Crippen molar-refractivity contribution in [3.05, 3.63) is 35.9 Å². The SMILES string of the molecule is O=C(O)CNC/C=C/c1ccc(O)cc1. The molecule has 0 saturated carbocycles. The molecular formula is C11H13NO3. The first-order valence-electron chi connectivity index (χ1n) is 4.56. The number of rotatable bonds is 5. The van der Waals surface area contributed by atoms with E-state index in [0.717, 1.165) is 5.56 Å². The first-order chi connectivity index (χ1) is 7.18. The summed E-state index contributed by atoms with van der Waals surface area (Å²) >= 11 is 0. The van der Waals surface area contributed by atoms with Gasteiger partial charge in [0.25, 0.3) is 0 Å². The molecule has 3 N–H and O–H groups in total. The van der Waals surface area contributed by atoms with Crippen LogP contribution in [0.15, 0.2) is 30.3 Å². The van der Waals surface area contributed by atoms with Crippen LogP contribution in [0, 0.1) is 0 Å². The van der Waals surface area contributed by atoms with Gasteiger partial charge in [0, 0.05) is 6.54 Å². The van der Waals surface area contributed by atoms with Crippen LogP contribution in [-0.4, -0.2) is 29.3 Å². The van der Waals surface area contributed by atoms with E-state index >= 15 is 0 Å². The van der Waals surface area contributed by atoms with Crippen LogP contribution in [0.2, 0.25) is 0 Å². The Morgan fingerprint density at radius 2 is 2.00 bits per heavy atom. The minimum absolute atomic E-state index is 0.0417. The highest BCUT2D eigenvalue weighted by Crippen LogP contribution is 2.10. The van der Waals surface area contributed by atoms with E-state index in [9.17, 15) is 4.79 Å². The summed E-state index contributed by atoms with van der Waals surface area (Å²) in [7, 11) is 0. The van der Waals surface area contributed by atoms with Crippen molar-refractivity contribution < 1.29 is 15.0 Å². The van der Waals surface area contributed by atoms with Gasteiger partial charge < -0.3 is 15.5 Å². The topological polar surface area (TPSA) is 69.6 Å². The van der Waals surface area contributed by atoms with Crippen LogP contribution in [0.4, 0.5) is 0 Å². The summed E-state index contributed by atoms with van der Waals surface area (Å²) in [5.74, 6) is -0.635. The average Bonchev–Trinajstić information content (AvgIpc) is 2.20. The minimum Gasteiger partial charge on any atom is -0.508 e. The summed E-state index contributed by atoms with van der Waals surface area (Å²) in [5.41, 5.74) is 0.963. The normalized spacial score (nSPS) is 10.7. The van der Waals surface area contributed by atoms with E-state index in [4.69, 9.17) is 10.2 Å². The van der Waals surface area contributed by atoms with Crippen molar-refractivity contribution in [3.63, 3.8) is 0 Å². The van der Waals surface area contributed by atoms with Gasteiger partial charge in [-0.05, 0) is 17.7 Å². The Morgan fingerprint density at radius 1 is 1.33 bits per heavy atom. The first-order valence-corrected chi connectivity index (χ1v) is 4.56. The molecule has 4 heteroatoms. The summed E-state index contributed by atoms with van der Waals surface area (Å²) in [6.45, 7) is 0.465. The Labute approximate surface area is 87.9 Å². The molecule has 15 heavy (non-hydrogen) atoms. The van der Waals surface area contributed by atoms with Crippen molar-refractivity contribution in [2.24, 2.45) is 0 Å². The Balaban J connectivity index is 2.32. The molecular weight excluding hydrogens is 194 g/mol. The van der Waals surface area contributed by atoms with Crippen molar-refractivity contribution in [1.29, 1.82) is 0 Å². The summed E-state index contributed by atoms with van der Waals surface area (Å²) in [6.07, 6.45) is 3.68. The third-order valence-electron chi connectivity index (χ3n) is 1.74. The molecule has 0 spiro atoms. The van der Waals surface area contributed by atoms with Gasteiger partial charge in [0.1, 0.15) is 5.75 Å². The molecule has 0 unspecified atom stereocenters. The second kappa shape index (κ2) is 5.82. The number of phenols is 1. The molecule has 1 rings (SSSR count). The maximum absolute atomic E-state index is 10.2. The van der Waals surface area contributed by atoms with E-state index in [2.05, 4.69) is 5.32 Å². The molecule has 0 bridgehead atoms. The molecule has 0 aliphatic carbocycles. The molecule has 0 heterocycles. The molecule has 1 aromatic rings. The molecule has 0 aromatic heterocycles.